The lowest BCUT2D eigenvalue weighted by Crippen LogP contribution is -2.44. The number of allylic oxidation sites excluding steroid dienone is 3. The van der Waals surface area contributed by atoms with Gasteiger partial charge in [-0.2, -0.15) is 0 Å². The summed E-state index contributed by atoms with van der Waals surface area (Å²) >= 11 is 3.35. The zero-order valence-electron chi connectivity index (χ0n) is 12.1. The van der Waals surface area contributed by atoms with Crippen molar-refractivity contribution in [2.45, 2.75) is 6.42 Å². The van der Waals surface area contributed by atoms with Crippen LogP contribution < -0.4 is 0 Å². The molecule has 1 saturated heterocycles. The normalized spacial score (nSPS) is 23.9. The molecule has 1 atom stereocenters. The molecule has 1 fully saturated rings. The molecule has 5 heteroatoms. The molecule has 0 aromatic heterocycles. The maximum Gasteiger partial charge on any atom is 0.231 e. The summed E-state index contributed by atoms with van der Waals surface area (Å²) in [4.78, 5) is 35.6. The summed E-state index contributed by atoms with van der Waals surface area (Å²) < 4.78 is 1.30. The second-order valence-electron chi connectivity index (χ2n) is 5.89. The Hall–Kier alpha value is -1.85. The van der Waals surface area contributed by atoms with Crippen LogP contribution in [0.1, 0.15) is 16.8 Å². The van der Waals surface area contributed by atoms with Gasteiger partial charge in [0.15, 0.2) is 0 Å². The number of nitrogens with zero attached hydrogens (tertiary/aromatic N) is 1. The van der Waals surface area contributed by atoms with Crippen molar-refractivity contribution < 1.29 is 18.9 Å². The van der Waals surface area contributed by atoms with Gasteiger partial charge >= 0.3 is 0 Å². The minimum Gasteiger partial charge on any atom is -0.288 e. The Morgan fingerprint density at radius 1 is 1.14 bits per heavy atom. The molecule has 22 heavy (non-hydrogen) atoms. The first kappa shape index (κ1) is 15.1. The fourth-order valence-electron chi connectivity index (χ4n) is 2.99. The van der Waals surface area contributed by atoms with Crippen molar-refractivity contribution in [2.24, 2.45) is 0 Å². The number of hydrogen-bond acceptors (Lipinski definition) is 3. The minimum absolute atomic E-state index is 0.0292. The third-order valence-electron chi connectivity index (χ3n) is 4.26. The van der Waals surface area contributed by atoms with E-state index in [2.05, 4.69) is 15.9 Å². The van der Waals surface area contributed by atoms with Crippen molar-refractivity contribution in [1.29, 1.82) is 0 Å². The summed E-state index contributed by atoms with van der Waals surface area (Å²) in [6.45, 7) is 1.01. The molecule has 1 aliphatic heterocycles. The highest BCUT2D eigenvalue weighted by molar-refractivity contribution is 9.10. The Morgan fingerprint density at radius 3 is 2.45 bits per heavy atom. The summed E-state index contributed by atoms with van der Waals surface area (Å²) in [5, 5.41) is 0. The molecule has 0 amide bonds. The molecule has 0 saturated carbocycles. The number of ketones is 3. The molecular formula is C17H15BrNO3+. The maximum atomic E-state index is 12.5. The summed E-state index contributed by atoms with van der Waals surface area (Å²) in [5.41, 5.74) is 2.34. The highest BCUT2D eigenvalue weighted by Crippen LogP contribution is 2.35. The molecule has 4 nitrogen and oxygen atoms in total. The van der Waals surface area contributed by atoms with Gasteiger partial charge in [-0.1, -0.05) is 28.1 Å². The Balaban J connectivity index is 1.86. The van der Waals surface area contributed by atoms with Crippen molar-refractivity contribution in [3.05, 3.63) is 57.7 Å². The number of benzene rings is 1. The average molecular weight is 361 g/mol. The second kappa shape index (κ2) is 5.41. The number of fused-ring (bicyclic) bond motifs is 1. The molecule has 1 aromatic rings. The van der Waals surface area contributed by atoms with Crippen molar-refractivity contribution in [3.63, 3.8) is 0 Å². The number of likely N-dealkylation sites (tertiary alicyclic amines) is 1. The first-order chi connectivity index (χ1) is 10.4. The van der Waals surface area contributed by atoms with Gasteiger partial charge in [-0.25, -0.2) is 0 Å². The second-order valence-corrected chi connectivity index (χ2v) is 6.80. The quantitative estimate of drug-likeness (QED) is 0.360. The van der Waals surface area contributed by atoms with Crippen LogP contribution in [0.25, 0.3) is 0 Å². The molecule has 1 heterocycles. The number of carbonyl (C=O) groups excluding carboxylic acids is 3. The lowest BCUT2D eigenvalue weighted by Gasteiger charge is -2.30. The predicted octanol–water partition coefficient (Wildman–Crippen LogP) is 2.44. The van der Waals surface area contributed by atoms with Crippen LogP contribution in [0.3, 0.4) is 0 Å². The van der Waals surface area contributed by atoms with Gasteiger partial charge in [-0.15, -0.1) is 0 Å². The molecule has 1 aromatic carbocycles. The number of hydrogen-bond donors (Lipinski definition) is 0. The number of Topliss-reactive ketones (excluding diaryl/α,β-unsaturated/α-hetero) is 1. The van der Waals surface area contributed by atoms with Gasteiger partial charge in [0.25, 0.3) is 0 Å². The number of quaternary nitrogens is 1. The molecule has 1 aliphatic carbocycles. The molecule has 3 rings (SSSR count). The summed E-state index contributed by atoms with van der Waals surface area (Å²) in [7, 11) is 1.94. The van der Waals surface area contributed by atoms with Crippen LogP contribution in [-0.2, 0) is 9.59 Å². The van der Waals surface area contributed by atoms with Crippen LogP contribution >= 0.6 is 15.9 Å². The number of halogens is 1. The molecule has 2 aliphatic rings. The molecule has 112 valence electrons. The topological polar surface area (TPSA) is 51.2 Å². The standard InChI is InChI=1S/C17H15BrNO3/c1-19(10-17(22)11-2-4-13(18)5-3-11)7-6-12-8-15(20)16(21)9-14(12)19/h2-5,8-9H,6-7,10H2,1H3/q+1. The Morgan fingerprint density at radius 2 is 1.77 bits per heavy atom. The fraction of sp³-hybridized carbons (Fsp3) is 0.235. The van der Waals surface area contributed by atoms with E-state index < -0.39 is 11.6 Å². The smallest absolute Gasteiger partial charge is 0.231 e. The predicted molar refractivity (Wildman–Crippen MR) is 85.2 cm³/mol. The molecule has 1 unspecified atom stereocenters. The first-order valence-corrected chi connectivity index (χ1v) is 7.83. The van der Waals surface area contributed by atoms with Gasteiger partial charge in [-0.05, 0) is 18.2 Å². The van der Waals surface area contributed by atoms with E-state index in [1.165, 1.54) is 12.2 Å². The van der Waals surface area contributed by atoms with Gasteiger partial charge in [-0.3, -0.25) is 18.9 Å². The van der Waals surface area contributed by atoms with E-state index in [1.807, 2.05) is 19.2 Å². The van der Waals surface area contributed by atoms with E-state index in [0.717, 1.165) is 28.7 Å². The van der Waals surface area contributed by atoms with E-state index in [-0.39, 0.29) is 12.3 Å². The van der Waals surface area contributed by atoms with Gasteiger partial charge in [0.1, 0.15) is 12.2 Å². The van der Waals surface area contributed by atoms with E-state index >= 15 is 0 Å². The van der Waals surface area contributed by atoms with E-state index in [4.69, 9.17) is 0 Å². The van der Waals surface area contributed by atoms with Crippen LogP contribution in [0.4, 0.5) is 0 Å². The molecule has 0 N–H and O–H groups in total. The first-order valence-electron chi connectivity index (χ1n) is 7.04. The molecule has 0 bridgehead atoms. The largest absolute Gasteiger partial charge is 0.288 e. The monoisotopic (exact) mass is 360 g/mol. The van der Waals surface area contributed by atoms with Crippen molar-refractivity contribution in [1.82, 2.24) is 0 Å². The van der Waals surface area contributed by atoms with Crippen LogP contribution in [0.15, 0.2) is 52.2 Å². The Bertz CT molecular complexity index is 746. The van der Waals surface area contributed by atoms with Gasteiger partial charge in [0.2, 0.25) is 17.3 Å². The van der Waals surface area contributed by atoms with Crippen LogP contribution in [0.2, 0.25) is 0 Å². The maximum absolute atomic E-state index is 12.5. The average Bonchev–Trinajstić information content (AvgIpc) is 2.77. The Kier molecular flexibility index (Phi) is 3.70. The number of rotatable bonds is 3. The van der Waals surface area contributed by atoms with E-state index in [0.29, 0.717) is 10.0 Å². The Labute approximate surface area is 136 Å². The van der Waals surface area contributed by atoms with Crippen molar-refractivity contribution in [3.8, 4) is 0 Å². The fourth-order valence-corrected chi connectivity index (χ4v) is 3.25. The van der Waals surface area contributed by atoms with Crippen LogP contribution in [0, 0.1) is 0 Å². The lowest BCUT2D eigenvalue weighted by atomic mass is 10.0. The highest BCUT2D eigenvalue weighted by Gasteiger charge is 2.42. The SMILES string of the molecule is C[N+]1(CC(=O)c2ccc(Br)cc2)CCC2=CC(=O)C(=O)C=C21. The number of likely N-dealkylation sites (N-methyl/N-ethyl adjacent to an activating group) is 1. The molecular weight excluding hydrogens is 346 g/mol. The summed E-state index contributed by atoms with van der Waals surface area (Å²) in [5.74, 6) is -0.936. The van der Waals surface area contributed by atoms with Crippen molar-refractivity contribution in [2.75, 3.05) is 20.1 Å². The highest BCUT2D eigenvalue weighted by atomic mass is 79.9. The van der Waals surface area contributed by atoms with Gasteiger partial charge in [0.05, 0.1) is 19.7 Å². The zero-order chi connectivity index (χ0) is 15.9. The van der Waals surface area contributed by atoms with E-state index in [1.54, 1.807) is 12.1 Å². The lowest BCUT2D eigenvalue weighted by molar-refractivity contribution is -0.853. The number of carbonyl (C=O) groups is 3. The van der Waals surface area contributed by atoms with Crippen LogP contribution in [-0.4, -0.2) is 42.0 Å². The third kappa shape index (κ3) is 2.62. The minimum atomic E-state index is -0.499. The van der Waals surface area contributed by atoms with Gasteiger partial charge < -0.3 is 0 Å². The summed E-state index contributed by atoms with van der Waals surface area (Å²) in [6, 6.07) is 7.25. The van der Waals surface area contributed by atoms with Gasteiger partial charge in [0, 0.05) is 22.0 Å². The summed E-state index contributed by atoms with van der Waals surface area (Å²) in [6.07, 6.45) is 3.54. The molecule has 0 radical (unpaired) electrons. The molecule has 0 spiro atoms. The zero-order valence-corrected chi connectivity index (χ0v) is 13.7. The van der Waals surface area contributed by atoms with Crippen molar-refractivity contribution >= 4 is 33.3 Å². The van der Waals surface area contributed by atoms with Crippen LogP contribution in [0.5, 0.6) is 0 Å². The third-order valence-corrected chi connectivity index (χ3v) is 4.79. The van der Waals surface area contributed by atoms with E-state index in [9.17, 15) is 14.4 Å².